The Balaban J connectivity index is 2.29. The van der Waals surface area contributed by atoms with E-state index in [9.17, 15) is 0 Å². The van der Waals surface area contributed by atoms with Gasteiger partial charge in [-0.3, -0.25) is 0 Å². The van der Waals surface area contributed by atoms with E-state index in [0.29, 0.717) is 0 Å². The molecule has 0 spiro atoms. The molecule has 0 bridgehead atoms. The Labute approximate surface area is 118 Å². The second-order valence-corrected chi connectivity index (χ2v) is 6.36. The topological polar surface area (TPSA) is 29.9 Å². The average Bonchev–Trinajstić information content (AvgIpc) is 2.81. The summed E-state index contributed by atoms with van der Waals surface area (Å²) in [6.07, 6.45) is 1.01. The van der Waals surface area contributed by atoms with Crippen molar-refractivity contribution in [3.63, 3.8) is 0 Å². The van der Waals surface area contributed by atoms with E-state index >= 15 is 0 Å². The molecular formula is C12H13IN2OS. The minimum Gasteiger partial charge on any atom is -0.379 e. The van der Waals surface area contributed by atoms with Crippen molar-refractivity contribution in [2.24, 2.45) is 0 Å². The SMILES string of the molecule is CC1(n2c(=S)[nH]c3cc(I)ccc32)CCOC1. The molecule has 1 fully saturated rings. The van der Waals surface area contributed by atoms with Crippen molar-refractivity contribution in [1.29, 1.82) is 0 Å². The molecule has 1 atom stereocenters. The molecule has 1 saturated heterocycles. The number of aromatic amines is 1. The van der Waals surface area contributed by atoms with Gasteiger partial charge in [-0.25, -0.2) is 0 Å². The fourth-order valence-electron chi connectivity index (χ4n) is 2.45. The summed E-state index contributed by atoms with van der Waals surface area (Å²) >= 11 is 7.77. The second-order valence-electron chi connectivity index (χ2n) is 4.73. The van der Waals surface area contributed by atoms with E-state index in [0.717, 1.165) is 29.9 Å². The van der Waals surface area contributed by atoms with Crippen molar-refractivity contribution in [3.8, 4) is 0 Å². The number of halogens is 1. The first-order chi connectivity index (χ1) is 8.10. The molecule has 3 nitrogen and oxygen atoms in total. The molecule has 1 aromatic carbocycles. The Morgan fingerprint density at radius 3 is 3.06 bits per heavy atom. The van der Waals surface area contributed by atoms with Crippen LogP contribution in [0, 0.1) is 8.34 Å². The van der Waals surface area contributed by atoms with Crippen LogP contribution in [0.4, 0.5) is 0 Å². The fraction of sp³-hybridized carbons (Fsp3) is 0.417. The van der Waals surface area contributed by atoms with Crippen molar-refractivity contribution < 1.29 is 4.74 Å². The number of hydrogen-bond acceptors (Lipinski definition) is 2. The number of nitrogens with one attached hydrogen (secondary N) is 1. The van der Waals surface area contributed by atoms with Gasteiger partial charge >= 0.3 is 0 Å². The van der Waals surface area contributed by atoms with E-state index in [4.69, 9.17) is 17.0 Å². The van der Waals surface area contributed by atoms with Gasteiger partial charge in [0.1, 0.15) is 0 Å². The molecule has 5 heteroatoms. The molecule has 17 heavy (non-hydrogen) atoms. The summed E-state index contributed by atoms with van der Waals surface area (Å²) in [6, 6.07) is 6.37. The Hall–Kier alpha value is -0.400. The molecule has 1 aliphatic heterocycles. The number of H-pyrrole nitrogens is 1. The van der Waals surface area contributed by atoms with Crippen LogP contribution in [0.25, 0.3) is 11.0 Å². The quantitative estimate of drug-likeness (QED) is 0.624. The minimum absolute atomic E-state index is 0.0118. The number of imidazole rings is 1. The summed E-state index contributed by atoms with van der Waals surface area (Å²) in [5.41, 5.74) is 2.26. The summed E-state index contributed by atoms with van der Waals surface area (Å²) in [7, 11) is 0. The lowest BCUT2D eigenvalue weighted by Gasteiger charge is -2.24. The third kappa shape index (κ3) is 1.84. The van der Waals surface area contributed by atoms with Gasteiger partial charge in [-0.15, -0.1) is 0 Å². The molecule has 0 amide bonds. The van der Waals surface area contributed by atoms with E-state index in [1.807, 2.05) is 0 Å². The highest BCUT2D eigenvalue weighted by Crippen LogP contribution is 2.31. The number of fused-ring (bicyclic) bond motifs is 1. The first-order valence-corrected chi connectivity index (χ1v) is 7.07. The van der Waals surface area contributed by atoms with Crippen LogP contribution in [0.3, 0.4) is 0 Å². The van der Waals surface area contributed by atoms with Crippen molar-refractivity contribution in [3.05, 3.63) is 26.5 Å². The van der Waals surface area contributed by atoms with Gasteiger partial charge in [0.2, 0.25) is 0 Å². The van der Waals surface area contributed by atoms with Crippen molar-refractivity contribution >= 4 is 45.8 Å². The summed E-state index contributed by atoms with van der Waals surface area (Å²) in [5.74, 6) is 0. The van der Waals surface area contributed by atoms with Crippen LogP contribution in [-0.4, -0.2) is 22.8 Å². The highest BCUT2D eigenvalue weighted by Gasteiger charge is 2.33. The molecule has 90 valence electrons. The van der Waals surface area contributed by atoms with Crippen LogP contribution >= 0.6 is 34.8 Å². The lowest BCUT2D eigenvalue weighted by atomic mass is 10.0. The molecule has 2 aromatic rings. The van der Waals surface area contributed by atoms with Crippen molar-refractivity contribution in [2.45, 2.75) is 18.9 Å². The fourth-order valence-corrected chi connectivity index (χ4v) is 3.37. The van der Waals surface area contributed by atoms with Crippen LogP contribution in [0.2, 0.25) is 0 Å². The first kappa shape index (κ1) is 11.7. The molecule has 1 unspecified atom stereocenters. The van der Waals surface area contributed by atoms with Gasteiger partial charge in [0, 0.05) is 10.2 Å². The maximum absolute atomic E-state index is 5.53. The van der Waals surface area contributed by atoms with E-state index in [2.05, 4.69) is 57.3 Å². The summed E-state index contributed by atoms with van der Waals surface area (Å²) in [4.78, 5) is 3.29. The third-order valence-electron chi connectivity index (χ3n) is 3.38. The highest BCUT2D eigenvalue weighted by atomic mass is 127. The molecule has 1 aromatic heterocycles. The zero-order chi connectivity index (χ0) is 12.0. The number of nitrogens with zero attached hydrogens (tertiary/aromatic N) is 1. The molecule has 1 N–H and O–H groups in total. The zero-order valence-electron chi connectivity index (χ0n) is 9.50. The predicted octanol–water partition coefficient (Wildman–Crippen LogP) is 3.44. The number of ether oxygens (including phenoxy) is 1. The lowest BCUT2D eigenvalue weighted by Crippen LogP contribution is -2.30. The summed E-state index contributed by atoms with van der Waals surface area (Å²) in [5, 5.41) is 0. The van der Waals surface area contributed by atoms with E-state index < -0.39 is 0 Å². The Morgan fingerprint density at radius 2 is 2.35 bits per heavy atom. The lowest BCUT2D eigenvalue weighted by molar-refractivity contribution is 0.162. The molecule has 2 heterocycles. The van der Waals surface area contributed by atoms with Gasteiger partial charge in [0.05, 0.1) is 23.2 Å². The Morgan fingerprint density at radius 1 is 1.53 bits per heavy atom. The van der Waals surface area contributed by atoms with Crippen molar-refractivity contribution in [1.82, 2.24) is 9.55 Å². The average molecular weight is 360 g/mol. The molecule has 0 saturated carbocycles. The van der Waals surface area contributed by atoms with Crippen molar-refractivity contribution in [2.75, 3.05) is 13.2 Å². The highest BCUT2D eigenvalue weighted by molar-refractivity contribution is 14.1. The van der Waals surface area contributed by atoms with Gasteiger partial charge < -0.3 is 14.3 Å². The Bertz CT molecular complexity index is 625. The summed E-state index contributed by atoms with van der Waals surface area (Å²) < 4.78 is 9.74. The van der Waals surface area contributed by atoms with Gasteiger partial charge in [-0.1, -0.05) is 0 Å². The maximum atomic E-state index is 5.53. The number of benzene rings is 1. The van der Waals surface area contributed by atoms with Crippen LogP contribution in [0.15, 0.2) is 18.2 Å². The maximum Gasteiger partial charge on any atom is 0.178 e. The summed E-state index contributed by atoms with van der Waals surface area (Å²) in [6.45, 7) is 3.76. The monoisotopic (exact) mass is 360 g/mol. The van der Waals surface area contributed by atoms with E-state index in [1.54, 1.807) is 0 Å². The zero-order valence-corrected chi connectivity index (χ0v) is 12.5. The van der Waals surface area contributed by atoms with Crippen LogP contribution in [-0.2, 0) is 10.3 Å². The van der Waals surface area contributed by atoms with E-state index in [1.165, 1.54) is 9.09 Å². The standard InChI is InChI=1S/C12H13IN2OS/c1-12(4-5-16-7-12)15-10-3-2-8(13)6-9(10)14-11(15)17/h2-3,6H,4-5,7H2,1H3,(H,14,17). The first-order valence-electron chi connectivity index (χ1n) is 5.59. The van der Waals surface area contributed by atoms with Gasteiger partial charge in [0.15, 0.2) is 4.77 Å². The molecule has 3 rings (SSSR count). The van der Waals surface area contributed by atoms with Crippen LogP contribution < -0.4 is 0 Å². The number of rotatable bonds is 1. The van der Waals surface area contributed by atoms with E-state index in [-0.39, 0.29) is 5.54 Å². The van der Waals surface area contributed by atoms with Gasteiger partial charge in [-0.05, 0) is 66.4 Å². The predicted molar refractivity (Wildman–Crippen MR) is 78.9 cm³/mol. The van der Waals surface area contributed by atoms with Crippen LogP contribution in [0.5, 0.6) is 0 Å². The second kappa shape index (κ2) is 4.07. The third-order valence-corrected chi connectivity index (χ3v) is 4.34. The van der Waals surface area contributed by atoms with Crippen LogP contribution in [0.1, 0.15) is 13.3 Å². The van der Waals surface area contributed by atoms with Gasteiger partial charge in [0.25, 0.3) is 0 Å². The smallest absolute Gasteiger partial charge is 0.178 e. The number of hydrogen-bond donors (Lipinski definition) is 1. The molecular weight excluding hydrogens is 347 g/mol. The normalized spacial score (nSPS) is 24.6. The Kier molecular flexibility index (Phi) is 2.79. The minimum atomic E-state index is -0.0118. The molecule has 1 aliphatic rings. The largest absolute Gasteiger partial charge is 0.379 e. The number of aromatic nitrogens is 2. The molecule has 0 radical (unpaired) electrons. The molecule has 0 aliphatic carbocycles. The van der Waals surface area contributed by atoms with Gasteiger partial charge in [-0.2, -0.15) is 0 Å².